The fraction of sp³-hybridized carbons (Fsp3) is 0.407. The average molecular weight is 512 g/mol. The predicted molar refractivity (Wildman–Crippen MR) is 139 cm³/mol. The maximum atomic E-state index is 12.1. The Morgan fingerprint density at radius 1 is 1.06 bits per heavy atom. The van der Waals surface area contributed by atoms with Gasteiger partial charge in [0.15, 0.2) is 0 Å². The van der Waals surface area contributed by atoms with Gasteiger partial charge in [0.05, 0.1) is 11.5 Å². The molecule has 1 aromatic heterocycles. The van der Waals surface area contributed by atoms with Gasteiger partial charge in [-0.15, -0.1) is 11.3 Å². The normalized spacial score (nSPS) is 14.6. The summed E-state index contributed by atoms with van der Waals surface area (Å²) in [6.07, 6.45) is 5.42. The Kier molecular flexibility index (Phi) is 9.29. The second kappa shape index (κ2) is 12.8. The monoisotopic (exact) mass is 511 g/mol. The summed E-state index contributed by atoms with van der Waals surface area (Å²) in [5, 5.41) is 13.2. The summed E-state index contributed by atoms with van der Waals surface area (Å²) in [6.45, 7) is 1.89. The summed E-state index contributed by atoms with van der Waals surface area (Å²) in [5.74, 6) is -0.00856. The first kappa shape index (κ1) is 26.1. The van der Waals surface area contributed by atoms with E-state index in [1.807, 2.05) is 36.4 Å². The van der Waals surface area contributed by atoms with E-state index in [2.05, 4.69) is 11.4 Å². The summed E-state index contributed by atoms with van der Waals surface area (Å²) < 4.78 is 12.3. The van der Waals surface area contributed by atoms with Crippen molar-refractivity contribution < 1.29 is 24.3 Å². The number of nitrogens with one attached hydrogen (secondary N) is 2. The second-order valence-corrected chi connectivity index (χ2v) is 10.2. The first-order valence-corrected chi connectivity index (χ1v) is 13.2. The maximum absolute atomic E-state index is 12.1. The quantitative estimate of drug-likeness (QED) is 0.124. The van der Waals surface area contributed by atoms with Gasteiger partial charge in [-0.25, -0.2) is 5.48 Å². The number of rotatable bonds is 12. The number of nitrogens with two attached hydrogens (primary N) is 1. The Labute approximate surface area is 214 Å². The summed E-state index contributed by atoms with van der Waals surface area (Å²) in [4.78, 5) is 24.1. The molecule has 0 unspecified atom stereocenters. The van der Waals surface area contributed by atoms with Crippen molar-refractivity contribution in [2.24, 2.45) is 5.73 Å². The van der Waals surface area contributed by atoms with Crippen molar-refractivity contribution in [3.8, 4) is 5.75 Å². The summed E-state index contributed by atoms with van der Waals surface area (Å²) in [7, 11) is 0. The molecule has 3 aromatic rings. The number of benzene rings is 2. The third-order valence-corrected chi connectivity index (χ3v) is 7.40. The highest BCUT2D eigenvalue weighted by atomic mass is 32.1. The summed E-state index contributed by atoms with van der Waals surface area (Å²) in [5.41, 5.74) is 9.90. The van der Waals surface area contributed by atoms with E-state index in [4.69, 9.17) is 20.4 Å². The zero-order valence-electron chi connectivity index (χ0n) is 20.2. The van der Waals surface area contributed by atoms with Crippen molar-refractivity contribution in [2.75, 3.05) is 6.61 Å². The van der Waals surface area contributed by atoms with E-state index < -0.39 is 11.9 Å². The van der Waals surface area contributed by atoms with Crippen molar-refractivity contribution in [1.82, 2.24) is 10.8 Å². The zero-order valence-corrected chi connectivity index (χ0v) is 21.0. The minimum absolute atomic E-state index is 0.0489. The third kappa shape index (κ3) is 7.27. The molecule has 1 aliphatic rings. The van der Waals surface area contributed by atoms with Crippen LogP contribution in [0.25, 0.3) is 10.1 Å². The molecule has 0 spiro atoms. The molecule has 0 radical (unpaired) electrons. The van der Waals surface area contributed by atoms with Crippen LogP contribution < -0.4 is 21.3 Å². The lowest BCUT2D eigenvalue weighted by molar-refractivity contribution is -0.150. The van der Waals surface area contributed by atoms with E-state index >= 15 is 0 Å². The third-order valence-electron chi connectivity index (χ3n) is 6.31. The number of esters is 1. The van der Waals surface area contributed by atoms with Crippen LogP contribution in [-0.4, -0.2) is 35.8 Å². The zero-order chi connectivity index (χ0) is 25.3. The average Bonchev–Trinajstić information content (AvgIpc) is 3.56. The fourth-order valence-electron chi connectivity index (χ4n) is 4.28. The molecule has 1 saturated carbocycles. The minimum Gasteiger partial charge on any atom is -0.494 e. The van der Waals surface area contributed by atoms with Crippen molar-refractivity contribution in [1.29, 1.82) is 0 Å². The van der Waals surface area contributed by atoms with Crippen LogP contribution in [0.5, 0.6) is 5.75 Å². The van der Waals surface area contributed by atoms with Crippen LogP contribution >= 0.6 is 11.3 Å². The summed E-state index contributed by atoms with van der Waals surface area (Å²) in [6, 6.07) is 15.2. The van der Waals surface area contributed by atoms with E-state index in [0.717, 1.165) is 52.6 Å². The lowest BCUT2D eigenvalue weighted by Crippen LogP contribution is -2.34. The molecule has 5 N–H and O–H groups in total. The van der Waals surface area contributed by atoms with Gasteiger partial charge in [0.2, 0.25) is 0 Å². The van der Waals surface area contributed by atoms with E-state index in [1.165, 1.54) is 11.3 Å². The Bertz CT molecular complexity index is 1160. The van der Waals surface area contributed by atoms with Gasteiger partial charge in [-0.05, 0) is 79.3 Å². The van der Waals surface area contributed by atoms with Crippen LogP contribution in [0.1, 0.15) is 59.3 Å². The smallest absolute Gasteiger partial charge is 0.323 e. The Balaban J connectivity index is 1.15. The molecule has 192 valence electrons. The molecule has 1 heterocycles. The highest BCUT2D eigenvalue weighted by Gasteiger charge is 2.22. The Morgan fingerprint density at radius 2 is 1.78 bits per heavy atom. The van der Waals surface area contributed by atoms with E-state index in [1.54, 1.807) is 11.5 Å². The van der Waals surface area contributed by atoms with Crippen LogP contribution in [0.3, 0.4) is 0 Å². The van der Waals surface area contributed by atoms with Crippen molar-refractivity contribution in [2.45, 2.75) is 63.8 Å². The standard InChI is InChI=1S/C27H33N3O5S/c28-23(27(32)35-22-4-1-2-5-22)6-3-13-34-21-11-8-18(9-12-21)16-29-17-19-7-10-20-15-25(26(31)30-33)36-24(20)14-19/h7-12,14-15,22-23,29,33H,1-6,13,16-17,28H2,(H,30,31)/t23-/m0/s1. The highest BCUT2D eigenvalue weighted by molar-refractivity contribution is 7.20. The molecule has 1 aliphatic carbocycles. The number of fused-ring (bicyclic) bond motifs is 1. The molecule has 9 heteroatoms. The van der Waals surface area contributed by atoms with E-state index in [9.17, 15) is 9.59 Å². The lowest BCUT2D eigenvalue weighted by Gasteiger charge is -2.16. The van der Waals surface area contributed by atoms with Gasteiger partial charge in [-0.2, -0.15) is 0 Å². The van der Waals surface area contributed by atoms with Gasteiger partial charge in [0.25, 0.3) is 5.91 Å². The second-order valence-electron chi connectivity index (χ2n) is 9.11. The molecule has 36 heavy (non-hydrogen) atoms. The molecule has 8 nitrogen and oxygen atoms in total. The fourth-order valence-corrected chi connectivity index (χ4v) is 5.29. The van der Waals surface area contributed by atoms with Crippen LogP contribution in [0.2, 0.25) is 0 Å². The van der Waals surface area contributed by atoms with Crippen LogP contribution in [-0.2, 0) is 22.6 Å². The topological polar surface area (TPSA) is 123 Å². The number of hydrogen-bond donors (Lipinski definition) is 4. The molecule has 4 rings (SSSR count). The number of thiophene rings is 1. The van der Waals surface area contributed by atoms with Crippen molar-refractivity contribution in [3.05, 3.63) is 64.5 Å². The molecular weight excluding hydrogens is 478 g/mol. The Morgan fingerprint density at radius 3 is 2.53 bits per heavy atom. The number of carbonyl (C=O) groups is 2. The molecule has 2 aromatic carbocycles. The first-order chi connectivity index (χ1) is 17.5. The van der Waals surface area contributed by atoms with E-state index in [0.29, 0.717) is 37.4 Å². The van der Waals surface area contributed by atoms with Gasteiger partial charge in [0.1, 0.15) is 17.9 Å². The van der Waals surface area contributed by atoms with Crippen LogP contribution in [0, 0.1) is 0 Å². The number of hydroxylamine groups is 1. The van der Waals surface area contributed by atoms with Gasteiger partial charge in [-0.1, -0.05) is 24.3 Å². The van der Waals surface area contributed by atoms with Crippen LogP contribution in [0.15, 0.2) is 48.5 Å². The van der Waals surface area contributed by atoms with Gasteiger partial charge < -0.3 is 20.5 Å². The van der Waals surface area contributed by atoms with Crippen LogP contribution in [0.4, 0.5) is 0 Å². The molecule has 1 amide bonds. The lowest BCUT2D eigenvalue weighted by atomic mass is 10.1. The van der Waals surface area contributed by atoms with Gasteiger partial charge >= 0.3 is 5.97 Å². The largest absolute Gasteiger partial charge is 0.494 e. The van der Waals surface area contributed by atoms with Gasteiger partial charge in [-0.3, -0.25) is 14.8 Å². The first-order valence-electron chi connectivity index (χ1n) is 12.4. The molecular formula is C27H33N3O5S. The maximum Gasteiger partial charge on any atom is 0.323 e. The molecule has 0 bridgehead atoms. The molecule has 0 aliphatic heterocycles. The molecule has 1 fully saturated rings. The molecule has 1 atom stereocenters. The van der Waals surface area contributed by atoms with Crippen molar-refractivity contribution in [3.63, 3.8) is 0 Å². The van der Waals surface area contributed by atoms with Gasteiger partial charge in [0, 0.05) is 17.8 Å². The number of carbonyl (C=O) groups excluding carboxylic acids is 2. The van der Waals surface area contributed by atoms with E-state index in [-0.39, 0.29) is 12.1 Å². The van der Waals surface area contributed by atoms with Crippen molar-refractivity contribution >= 4 is 33.3 Å². The molecule has 0 saturated heterocycles. The minimum atomic E-state index is -0.592. The number of hydrogen-bond acceptors (Lipinski definition) is 8. The predicted octanol–water partition coefficient (Wildman–Crippen LogP) is 4.28. The Hall–Kier alpha value is -2.98. The highest BCUT2D eigenvalue weighted by Crippen LogP contribution is 2.27. The number of ether oxygens (including phenoxy) is 2. The number of amides is 1. The SMILES string of the molecule is N[C@@H](CCCOc1ccc(CNCc2ccc3cc(C(=O)NO)sc3c2)cc1)C(=O)OC1CCCC1. The summed E-state index contributed by atoms with van der Waals surface area (Å²) >= 11 is 1.35.